The lowest BCUT2D eigenvalue weighted by atomic mass is 9.69. The number of aliphatic imine (C=N–C) groups is 1. The minimum Gasteiger partial charge on any atom is -0.493 e. The summed E-state index contributed by atoms with van der Waals surface area (Å²) < 4.78 is 11.4. The quantitative estimate of drug-likeness (QED) is 0.645. The summed E-state index contributed by atoms with van der Waals surface area (Å²) in [6.07, 6.45) is 3.64. The van der Waals surface area contributed by atoms with Crippen LogP contribution in [0.15, 0.2) is 40.5 Å². The first-order chi connectivity index (χ1) is 13.6. The largest absolute Gasteiger partial charge is 0.493 e. The number of Topliss-reactive ketones (excluding diaryl/α,β-unsaturated/α-hetero) is 1. The van der Waals surface area contributed by atoms with Gasteiger partial charge in [0.05, 0.1) is 30.4 Å². The van der Waals surface area contributed by atoms with Crippen LogP contribution in [0.1, 0.15) is 64.4 Å². The summed E-state index contributed by atoms with van der Waals surface area (Å²) in [4.78, 5) is 30.7. The highest BCUT2D eigenvalue weighted by Gasteiger charge is 2.45. The standard InChI is InChI=1S/C23H29NO4/c1-4-14-28-19-13-8-7-10-15(19)20-21-17(11-9-12-18(21)25)24-16(5-2)22(20)23(26)27-6-3/h7-8,10,13,20-21H,4-6,9,11-12,14H2,1-3H3/t20-,21?/m1/s1. The summed E-state index contributed by atoms with van der Waals surface area (Å²) >= 11 is 0. The van der Waals surface area contributed by atoms with E-state index in [2.05, 4.69) is 6.92 Å². The van der Waals surface area contributed by atoms with Crippen molar-refractivity contribution >= 4 is 17.5 Å². The third-order valence-electron chi connectivity index (χ3n) is 5.34. The van der Waals surface area contributed by atoms with Crippen molar-refractivity contribution in [3.63, 3.8) is 0 Å². The van der Waals surface area contributed by atoms with Gasteiger partial charge in [0.2, 0.25) is 0 Å². The Bertz CT molecular complexity index is 809. The number of carbonyl (C=O) groups is 2. The lowest BCUT2D eigenvalue weighted by Gasteiger charge is -2.36. The third-order valence-corrected chi connectivity index (χ3v) is 5.34. The molecule has 1 fully saturated rings. The molecule has 1 saturated carbocycles. The first kappa shape index (κ1) is 20.3. The molecule has 1 aromatic carbocycles. The number of esters is 1. The molecule has 2 atom stereocenters. The van der Waals surface area contributed by atoms with Gasteiger partial charge in [-0.15, -0.1) is 0 Å². The molecule has 0 radical (unpaired) electrons. The number of hydrogen-bond acceptors (Lipinski definition) is 5. The minimum absolute atomic E-state index is 0.150. The van der Waals surface area contributed by atoms with E-state index >= 15 is 0 Å². The van der Waals surface area contributed by atoms with Crippen molar-refractivity contribution in [1.29, 1.82) is 0 Å². The molecule has 0 N–H and O–H groups in total. The number of carbonyl (C=O) groups excluding carboxylic acids is 2. The Balaban J connectivity index is 2.18. The van der Waals surface area contributed by atoms with Gasteiger partial charge in [0.25, 0.3) is 0 Å². The Morgan fingerprint density at radius 1 is 1.14 bits per heavy atom. The Kier molecular flexibility index (Phi) is 6.65. The monoisotopic (exact) mass is 383 g/mol. The fourth-order valence-corrected chi connectivity index (χ4v) is 4.16. The Morgan fingerprint density at radius 3 is 2.64 bits per heavy atom. The van der Waals surface area contributed by atoms with E-state index in [1.54, 1.807) is 6.92 Å². The molecule has 150 valence electrons. The molecule has 1 aliphatic carbocycles. The number of ether oxygens (including phenoxy) is 2. The minimum atomic E-state index is -0.408. The summed E-state index contributed by atoms with van der Waals surface area (Å²) in [6, 6.07) is 7.73. The van der Waals surface area contributed by atoms with Crippen LogP contribution in [0.3, 0.4) is 0 Å². The summed E-state index contributed by atoms with van der Waals surface area (Å²) in [5.74, 6) is -0.309. The van der Waals surface area contributed by atoms with Crippen LogP contribution in [0.5, 0.6) is 5.75 Å². The van der Waals surface area contributed by atoms with Gasteiger partial charge in [-0.2, -0.15) is 0 Å². The molecule has 1 aromatic rings. The van der Waals surface area contributed by atoms with Crippen LogP contribution in [-0.2, 0) is 14.3 Å². The zero-order valence-corrected chi connectivity index (χ0v) is 17.0. The van der Waals surface area contributed by atoms with Crippen molar-refractivity contribution in [2.45, 2.75) is 58.8 Å². The number of nitrogens with zero attached hydrogens (tertiary/aromatic N) is 1. The maximum atomic E-state index is 13.0. The Morgan fingerprint density at radius 2 is 1.93 bits per heavy atom. The fourth-order valence-electron chi connectivity index (χ4n) is 4.16. The van der Waals surface area contributed by atoms with Gasteiger partial charge in [-0.25, -0.2) is 4.79 Å². The van der Waals surface area contributed by atoms with E-state index in [1.165, 1.54) is 0 Å². The van der Waals surface area contributed by atoms with Gasteiger partial charge < -0.3 is 9.47 Å². The molecule has 0 aromatic heterocycles. The highest BCUT2D eigenvalue weighted by atomic mass is 16.5. The van der Waals surface area contributed by atoms with Crippen molar-refractivity contribution in [2.24, 2.45) is 10.9 Å². The topological polar surface area (TPSA) is 65.0 Å². The van der Waals surface area contributed by atoms with Gasteiger partial charge in [-0.1, -0.05) is 32.0 Å². The summed E-state index contributed by atoms with van der Waals surface area (Å²) in [5, 5.41) is 0. The van der Waals surface area contributed by atoms with Crippen LogP contribution in [0.4, 0.5) is 0 Å². The van der Waals surface area contributed by atoms with E-state index in [-0.39, 0.29) is 18.4 Å². The van der Waals surface area contributed by atoms with Crippen LogP contribution in [-0.4, -0.2) is 30.7 Å². The number of para-hydroxylation sites is 1. The molecule has 28 heavy (non-hydrogen) atoms. The SMILES string of the molecule is CCCOc1ccccc1[C@H]1C(C(=O)OCC)=C(CC)N=C2CCCC(=O)C21. The molecule has 0 bridgehead atoms. The number of ketones is 1. The van der Waals surface area contributed by atoms with Crippen LogP contribution in [0, 0.1) is 5.92 Å². The van der Waals surface area contributed by atoms with Crippen molar-refractivity contribution in [2.75, 3.05) is 13.2 Å². The first-order valence-electron chi connectivity index (χ1n) is 10.3. The van der Waals surface area contributed by atoms with Gasteiger partial charge in [-0.05, 0) is 38.7 Å². The van der Waals surface area contributed by atoms with E-state index in [1.807, 2.05) is 31.2 Å². The van der Waals surface area contributed by atoms with E-state index in [0.717, 1.165) is 42.0 Å². The summed E-state index contributed by atoms with van der Waals surface area (Å²) in [7, 11) is 0. The van der Waals surface area contributed by atoms with E-state index in [4.69, 9.17) is 14.5 Å². The zero-order valence-electron chi connectivity index (χ0n) is 17.0. The highest BCUT2D eigenvalue weighted by molar-refractivity contribution is 6.11. The molecule has 0 spiro atoms. The molecular formula is C23H29NO4. The van der Waals surface area contributed by atoms with Crippen LogP contribution >= 0.6 is 0 Å². The number of hydrogen-bond donors (Lipinski definition) is 0. The molecule has 5 nitrogen and oxygen atoms in total. The fraction of sp³-hybridized carbons (Fsp3) is 0.522. The second-order valence-corrected chi connectivity index (χ2v) is 7.20. The van der Waals surface area contributed by atoms with Crippen LogP contribution in [0.25, 0.3) is 0 Å². The Hall–Kier alpha value is -2.43. The normalized spacial score (nSPS) is 21.8. The maximum absolute atomic E-state index is 13.0. The van der Waals surface area contributed by atoms with E-state index in [9.17, 15) is 9.59 Å². The van der Waals surface area contributed by atoms with Gasteiger partial charge >= 0.3 is 5.97 Å². The molecule has 2 aliphatic rings. The first-order valence-corrected chi connectivity index (χ1v) is 10.3. The van der Waals surface area contributed by atoms with E-state index < -0.39 is 11.8 Å². The second kappa shape index (κ2) is 9.18. The zero-order chi connectivity index (χ0) is 20.1. The second-order valence-electron chi connectivity index (χ2n) is 7.20. The predicted octanol–water partition coefficient (Wildman–Crippen LogP) is 4.61. The lowest BCUT2D eigenvalue weighted by molar-refractivity contribution is -0.139. The maximum Gasteiger partial charge on any atom is 0.336 e. The van der Waals surface area contributed by atoms with Gasteiger partial charge in [-0.3, -0.25) is 9.79 Å². The number of allylic oxidation sites excluding steroid dienone is 1. The van der Waals surface area contributed by atoms with Crippen molar-refractivity contribution in [3.05, 3.63) is 41.1 Å². The molecule has 0 saturated heterocycles. The number of rotatable bonds is 7. The average Bonchev–Trinajstić information content (AvgIpc) is 2.71. The van der Waals surface area contributed by atoms with Crippen LogP contribution < -0.4 is 4.74 Å². The highest BCUT2D eigenvalue weighted by Crippen LogP contribution is 2.46. The van der Waals surface area contributed by atoms with Gasteiger partial charge in [0, 0.05) is 23.6 Å². The molecule has 5 heteroatoms. The lowest BCUT2D eigenvalue weighted by Crippen LogP contribution is -2.39. The smallest absolute Gasteiger partial charge is 0.336 e. The molecular weight excluding hydrogens is 354 g/mol. The van der Waals surface area contributed by atoms with Crippen molar-refractivity contribution in [1.82, 2.24) is 0 Å². The average molecular weight is 383 g/mol. The van der Waals surface area contributed by atoms with Crippen molar-refractivity contribution in [3.8, 4) is 5.75 Å². The number of benzene rings is 1. The van der Waals surface area contributed by atoms with Crippen molar-refractivity contribution < 1.29 is 19.1 Å². The predicted molar refractivity (Wildman–Crippen MR) is 109 cm³/mol. The molecule has 1 unspecified atom stereocenters. The Labute approximate surface area is 166 Å². The third kappa shape index (κ3) is 3.89. The molecule has 1 heterocycles. The molecule has 3 rings (SSSR count). The molecule has 1 aliphatic heterocycles. The summed E-state index contributed by atoms with van der Waals surface area (Å²) in [6.45, 7) is 6.70. The summed E-state index contributed by atoms with van der Waals surface area (Å²) in [5.41, 5.74) is 3.02. The van der Waals surface area contributed by atoms with E-state index in [0.29, 0.717) is 25.0 Å². The molecule has 0 amide bonds. The van der Waals surface area contributed by atoms with Crippen LogP contribution in [0.2, 0.25) is 0 Å². The van der Waals surface area contributed by atoms with Gasteiger partial charge in [0.1, 0.15) is 11.5 Å². The number of fused-ring (bicyclic) bond motifs is 1. The van der Waals surface area contributed by atoms with Gasteiger partial charge in [0.15, 0.2) is 0 Å².